The number of thiocarbonyl (C=S) groups is 1. The van der Waals surface area contributed by atoms with Crippen LogP contribution in [0.4, 0.5) is 0 Å². The Labute approximate surface area is 108 Å². The maximum atomic E-state index is 5.55. The van der Waals surface area contributed by atoms with Crippen LogP contribution < -0.4 is 10.5 Å². The highest BCUT2D eigenvalue weighted by atomic mass is 32.1. The monoisotopic (exact) mass is 253 g/mol. The molecule has 1 aromatic heterocycles. The second-order valence-corrected chi connectivity index (χ2v) is 4.43. The number of nitrogens with zero attached hydrogens (tertiary/aromatic N) is 2. The zero-order valence-corrected chi connectivity index (χ0v) is 11.4. The Morgan fingerprint density at radius 1 is 1.53 bits per heavy atom. The molecule has 1 heterocycles. The third kappa shape index (κ3) is 4.66. The standard InChI is InChI=1S/C12H19N3OS/c1-4-15(8-12(13)17)7-10-6-11(16-3)5-9(2)14-10/h5-6H,4,7-8H2,1-3H3,(H2,13,17). The number of hydrogen-bond donors (Lipinski definition) is 1. The van der Waals surface area contributed by atoms with Crippen LogP contribution in [0.1, 0.15) is 18.3 Å². The van der Waals surface area contributed by atoms with Crippen molar-refractivity contribution in [2.45, 2.75) is 20.4 Å². The summed E-state index contributed by atoms with van der Waals surface area (Å²) in [4.78, 5) is 7.12. The first kappa shape index (κ1) is 13.9. The SMILES string of the molecule is CCN(CC(N)=S)Cc1cc(OC)cc(C)n1. The third-order valence-corrected chi connectivity index (χ3v) is 2.56. The van der Waals surface area contributed by atoms with Crippen molar-refractivity contribution in [1.82, 2.24) is 9.88 Å². The summed E-state index contributed by atoms with van der Waals surface area (Å²) in [7, 11) is 1.66. The molecular weight excluding hydrogens is 234 g/mol. The van der Waals surface area contributed by atoms with Gasteiger partial charge in [-0.1, -0.05) is 19.1 Å². The zero-order chi connectivity index (χ0) is 12.8. The van der Waals surface area contributed by atoms with E-state index < -0.39 is 0 Å². The zero-order valence-electron chi connectivity index (χ0n) is 10.6. The number of likely N-dealkylation sites (N-methyl/N-ethyl adjacent to an activating group) is 1. The number of aromatic nitrogens is 1. The number of rotatable bonds is 6. The van der Waals surface area contributed by atoms with Gasteiger partial charge in [0.1, 0.15) is 5.75 Å². The lowest BCUT2D eigenvalue weighted by atomic mass is 10.2. The average Bonchev–Trinajstić information content (AvgIpc) is 2.26. The molecule has 0 fully saturated rings. The minimum Gasteiger partial charge on any atom is -0.497 e. The number of methoxy groups -OCH3 is 1. The van der Waals surface area contributed by atoms with Crippen LogP contribution in [0, 0.1) is 6.92 Å². The topological polar surface area (TPSA) is 51.4 Å². The van der Waals surface area contributed by atoms with Gasteiger partial charge in [-0.15, -0.1) is 0 Å². The van der Waals surface area contributed by atoms with Crippen molar-refractivity contribution in [2.75, 3.05) is 20.2 Å². The molecule has 2 N–H and O–H groups in total. The number of hydrogen-bond acceptors (Lipinski definition) is 4. The average molecular weight is 253 g/mol. The fourth-order valence-corrected chi connectivity index (χ4v) is 1.81. The van der Waals surface area contributed by atoms with Gasteiger partial charge in [-0.2, -0.15) is 0 Å². The van der Waals surface area contributed by atoms with E-state index in [-0.39, 0.29) is 0 Å². The molecule has 0 bridgehead atoms. The van der Waals surface area contributed by atoms with E-state index in [0.29, 0.717) is 11.5 Å². The van der Waals surface area contributed by atoms with Gasteiger partial charge in [-0.05, 0) is 13.5 Å². The Hall–Kier alpha value is -1.20. The van der Waals surface area contributed by atoms with E-state index in [1.165, 1.54) is 0 Å². The van der Waals surface area contributed by atoms with E-state index in [1.54, 1.807) is 7.11 Å². The molecule has 1 rings (SSSR count). The van der Waals surface area contributed by atoms with Gasteiger partial charge >= 0.3 is 0 Å². The predicted molar refractivity (Wildman–Crippen MR) is 73.3 cm³/mol. The molecule has 0 saturated carbocycles. The predicted octanol–water partition coefficient (Wildman–Crippen LogP) is 1.51. The first-order chi connectivity index (χ1) is 8.05. The van der Waals surface area contributed by atoms with E-state index in [1.807, 2.05) is 19.1 Å². The summed E-state index contributed by atoms with van der Waals surface area (Å²) in [5.41, 5.74) is 7.48. The maximum absolute atomic E-state index is 5.55. The second kappa shape index (κ2) is 6.51. The van der Waals surface area contributed by atoms with Crippen LogP contribution in [0.5, 0.6) is 5.75 Å². The van der Waals surface area contributed by atoms with E-state index in [0.717, 1.165) is 30.2 Å². The van der Waals surface area contributed by atoms with Crippen molar-refractivity contribution < 1.29 is 4.74 Å². The highest BCUT2D eigenvalue weighted by Crippen LogP contribution is 2.14. The van der Waals surface area contributed by atoms with Crippen LogP contribution in [0.3, 0.4) is 0 Å². The van der Waals surface area contributed by atoms with Gasteiger partial charge in [-0.3, -0.25) is 9.88 Å². The van der Waals surface area contributed by atoms with E-state index in [9.17, 15) is 0 Å². The molecule has 0 aliphatic heterocycles. The summed E-state index contributed by atoms with van der Waals surface area (Å²) in [6.45, 7) is 6.26. The summed E-state index contributed by atoms with van der Waals surface area (Å²) in [5, 5.41) is 0. The van der Waals surface area contributed by atoms with Crippen LogP contribution in [0.25, 0.3) is 0 Å². The van der Waals surface area contributed by atoms with Crippen LogP contribution in [-0.2, 0) is 6.54 Å². The molecule has 0 radical (unpaired) electrons. The van der Waals surface area contributed by atoms with E-state index in [2.05, 4.69) is 16.8 Å². The number of pyridine rings is 1. The van der Waals surface area contributed by atoms with Crippen molar-refractivity contribution in [3.05, 3.63) is 23.5 Å². The Bertz CT molecular complexity index is 395. The van der Waals surface area contributed by atoms with Gasteiger partial charge in [0.2, 0.25) is 0 Å². The maximum Gasteiger partial charge on any atom is 0.122 e. The lowest BCUT2D eigenvalue weighted by Gasteiger charge is -2.19. The second-order valence-electron chi connectivity index (χ2n) is 3.91. The molecule has 0 atom stereocenters. The fourth-order valence-electron chi connectivity index (χ4n) is 1.63. The molecule has 0 saturated heterocycles. The summed E-state index contributed by atoms with van der Waals surface area (Å²) in [5.74, 6) is 0.832. The summed E-state index contributed by atoms with van der Waals surface area (Å²) < 4.78 is 5.22. The number of ether oxygens (including phenoxy) is 1. The van der Waals surface area contributed by atoms with Crippen molar-refractivity contribution in [1.29, 1.82) is 0 Å². The van der Waals surface area contributed by atoms with Gasteiger partial charge < -0.3 is 10.5 Å². The summed E-state index contributed by atoms with van der Waals surface area (Å²) in [6, 6.07) is 3.85. The van der Waals surface area contributed by atoms with Gasteiger partial charge in [0.15, 0.2) is 0 Å². The first-order valence-electron chi connectivity index (χ1n) is 5.57. The molecule has 0 amide bonds. The van der Waals surface area contributed by atoms with Crippen molar-refractivity contribution in [2.24, 2.45) is 5.73 Å². The summed E-state index contributed by atoms with van der Waals surface area (Å²) in [6.07, 6.45) is 0. The molecule has 0 aliphatic rings. The van der Waals surface area contributed by atoms with Crippen molar-refractivity contribution in [3.63, 3.8) is 0 Å². The van der Waals surface area contributed by atoms with Crippen LogP contribution in [0.15, 0.2) is 12.1 Å². The van der Waals surface area contributed by atoms with Gasteiger partial charge in [0.25, 0.3) is 0 Å². The smallest absolute Gasteiger partial charge is 0.122 e. The minimum atomic E-state index is 0.506. The van der Waals surface area contributed by atoms with E-state index >= 15 is 0 Å². The Morgan fingerprint density at radius 2 is 2.24 bits per heavy atom. The highest BCUT2D eigenvalue weighted by molar-refractivity contribution is 7.80. The minimum absolute atomic E-state index is 0.506. The molecule has 17 heavy (non-hydrogen) atoms. The Kier molecular flexibility index (Phi) is 5.31. The quantitative estimate of drug-likeness (QED) is 0.779. The van der Waals surface area contributed by atoms with Crippen LogP contribution in [-0.4, -0.2) is 35.1 Å². The third-order valence-electron chi connectivity index (χ3n) is 2.43. The molecule has 4 nitrogen and oxygen atoms in total. The fraction of sp³-hybridized carbons (Fsp3) is 0.500. The van der Waals surface area contributed by atoms with E-state index in [4.69, 9.17) is 22.7 Å². The normalized spacial score (nSPS) is 10.6. The lowest BCUT2D eigenvalue weighted by Crippen LogP contribution is -2.32. The molecular formula is C12H19N3OS. The molecule has 5 heteroatoms. The molecule has 0 spiro atoms. The first-order valence-corrected chi connectivity index (χ1v) is 5.98. The van der Waals surface area contributed by atoms with Crippen LogP contribution in [0.2, 0.25) is 0 Å². The molecule has 1 aromatic rings. The summed E-state index contributed by atoms with van der Waals surface area (Å²) >= 11 is 4.92. The Balaban J connectivity index is 2.78. The van der Waals surface area contributed by atoms with Crippen molar-refractivity contribution >= 4 is 17.2 Å². The van der Waals surface area contributed by atoms with Gasteiger partial charge in [0, 0.05) is 30.9 Å². The largest absolute Gasteiger partial charge is 0.497 e. The number of aryl methyl sites for hydroxylation is 1. The van der Waals surface area contributed by atoms with Crippen molar-refractivity contribution in [3.8, 4) is 5.75 Å². The highest BCUT2D eigenvalue weighted by Gasteiger charge is 2.07. The van der Waals surface area contributed by atoms with Gasteiger partial charge in [0.05, 0.1) is 17.8 Å². The lowest BCUT2D eigenvalue weighted by molar-refractivity contribution is 0.315. The van der Waals surface area contributed by atoms with Crippen LogP contribution >= 0.6 is 12.2 Å². The Morgan fingerprint density at radius 3 is 2.76 bits per heavy atom. The molecule has 0 aliphatic carbocycles. The number of nitrogens with two attached hydrogens (primary N) is 1. The molecule has 0 aromatic carbocycles. The molecule has 0 unspecified atom stereocenters. The molecule has 94 valence electrons. The van der Waals surface area contributed by atoms with Gasteiger partial charge in [-0.25, -0.2) is 0 Å².